The fourth-order valence-electron chi connectivity index (χ4n) is 1.58. The van der Waals surface area contributed by atoms with Crippen LogP contribution in [0.1, 0.15) is 45.7 Å². The Hall–Kier alpha value is -1.02. The zero-order chi connectivity index (χ0) is 12.2. The largest absolute Gasteiger partial charge is 0.508 e. The van der Waals surface area contributed by atoms with Gasteiger partial charge in [-0.2, -0.15) is 0 Å². The van der Waals surface area contributed by atoms with Crippen molar-refractivity contribution in [2.45, 2.75) is 40.2 Å². The summed E-state index contributed by atoms with van der Waals surface area (Å²) in [6, 6.07) is 7.72. The maximum absolute atomic E-state index is 9.39. The first kappa shape index (κ1) is 13.0. The molecule has 2 nitrogen and oxygen atoms in total. The van der Waals surface area contributed by atoms with Crippen LogP contribution in [0.5, 0.6) is 5.75 Å². The van der Waals surface area contributed by atoms with Crippen molar-refractivity contribution in [3.63, 3.8) is 0 Å². The summed E-state index contributed by atoms with van der Waals surface area (Å²) in [4.78, 5) is 0. The molecule has 0 aliphatic heterocycles. The molecule has 0 bridgehead atoms. The number of phenolic OH excluding ortho intramolecular Hbond substituents is 1. The molecule has 16 heavy (non-hydrogen) atoms. The second kappa shape index (κ2) is 5.35. The monoisotopic (exact) mass is 221 g/mol. The van der Waals surface area contributed by atoms with Gasteiger partial charge in [0, 0.05) is 6.04 Å². The van der Waals surface area contributed by atoms with Crippen molar-refractivity contribution in [2.75, 3.05) is 6.54 Å². The van der Waals surface area contributed by atoms with Crippen LogP contribution in [0.4, 0.5) is 0 Å². The molecule has 0 heterocycles. The van der Waals surface area contributed by atoms with Gasteiger partial charge < -0.3 is 10.4 Å². The van der Waals surface area contributed by atoms with Gasteiger partial charge >= 0.3 is 0 Å². The van der Waals surface area contributed by atoms with Crippen molar-refractivity contribution >= 4 is 0 Å². The number of nitrogens with one attached hydrogen (secondary N) is 1. The third-order valence-corrected chi connectivity index (χ3v) is 2.70. The molecule has 0 aliphatic rings. The van der Waals surface area contributed by atoms with E-state index in [-0.39, 0.29) is 6.04 Å². The molecule has 2 heteroatoms. The van der Waals surface area contributed by atoms with E-state index in [4.69, 9.17) is 0 Å². The van der Waals surface area contributed by atoms with Gasteiger partial charge in [0.15, 0.2) is 0 Å². The van der Waals surface area contributed by atoms with Crippen LogP contribution in [0.2, 0.25) is 0 Å². The topological polar surface area (TPSA) is 32.3 Å². The van der Waals surface area contributed by atoms with E-state index in [0.29, 0.717) is 11.2 Å². The molecule has 1 rings (SSSR count). The lowest BCUT2D eigenvalue weighted by atomic mass is 9.92. The van der Waals surface area contributed by atoms with E-state index in [1.807, 2.05) is 18.2 Å². The van der Waals surface area contributed by atoms with Gasteiger partial charge in [-0.3, -0.25) is 0 Å². The lowest BCUT2D eigenvalue weighted by Crippen LogP contribution is -2.23. The number of hydrogen-bond donors (Lipinski definition) is 2. The van der Waals surface area contributed by atoms with E-state index < -0.39 is 0 Å². The summed E-state index contributed by atoms with van der Waals surface area (Å²) in [5.41, 5.74) is 1.50. The number of phenols is 1. The highest BCUT2D eigenvalue weighted by Gasteiger charge is 2.11. The summed E-state index contributed by atoms with van der Waals surface area (Å²) >= 11 is 0. The standard InChI is InChI=1S/C14H23NO/c1-11(15-9-8-14(2,3)4)12-6-5-7-13(16)10-12/h5-7,10-11,15-16H,8-9H2,1-4H3. The third-order valence-electron chi connectivity index (χ3n) is 2.70. The third kappa shape index (κ3) is 4.67. The van der Waals surface area contributed by atoms with E-state index in [1.165, 1.54) is 0 Å². The van der Waals surface area contributed by atoms with Gasteiger partial charge in [0.2, 0.25) is 0 Å². The molecular formula is C14H23NO. The van der Waals surface area contributed by atoms with Crippen LogP contribution in [-0.2, 0) is 0 Å². The van der Waals surface area contributed by atoms with Gasteiger partial charge in [-0.1, -0.05) is 32.9 Å². The Balaban J connectivity index is 2.44. The summed E-state index contributed by atoms with van der Waals surface area (Å²) < 4.78 is 0. The zero-order valence-corrected chi connectivity index (χ0v) is 10.7. The second-order valence-corrected chi connectivity index (χ2v) is 5.58. The lowest BCUT2D eigenvalue weighted by molar-refractivity contribution is 0.358. The van der Waals surface area contributed by atoms with E-state index in [0.717, 1.165) is 18.5 Å². The van der Waals surface area contributed by atoms with Gasteiger partial charge in [0.05, 0.1) is 0 Å². The number of aromatic hydroxyl groups is 1. The minimum absolute atomic E-state index is 0.287. The molecule has 1 atom stereocenters. The van der Waals surface area contributed by atoms with Gasteiger partial charge in [-0.25, -0.2) is 0 Å². The molecular weight excluding hydrogens is 198 g/mol. The quantitative estimate of drug-likeness (QED) is 0.816. The van der Waals surface area contributed by atoms with Crippen LogP contribution in [-0.4, -0.2) is 11.7 Å². The van der Waals surface area contributed by atoms with Crippen molar-refractivity contribution in [3.8, 4) is 5.75 Å². The van der Waals surface area contributed by atoms with E-state index in [2.05, 4.69) is 33.0 Å². The predicted octanol–water partition coefficient (Wildman–Crippen LogP) is 3.48. The first-order valence-electron chi connectivity index (χ1n) is 5.91. The van der Waals surface area contributed by atoms with Crippen LogP contribution >= 0.6 is 0 Å². The van der Waals surface area contributed by atoms with Crippen LogP contribution < -0.4 is 5.32 Å². The second-order valence-electron chi connectivity index (χ2n) is 5.58. The van der Waals surface area contributed by atoms with E-state index >= 15 is 0 Å². The number of hydrogen-bond acceptors (Lipinski definition) is 2. The van der Waals surface area contributed by atoms with Crippen molar-refractivity contribution in [1.29, 1.82) is 0 Å². The molecule has 2 N–H and O–H groups in total. The Morgan fingerprint density at radius 3 is 2.56 bits per heavy atom. The Labute approximate surface area is 98.7 Å². The van der Waals surface area contributed by atoms with Crippen LogP contribution in [0, 0.1) is 5.41 Å². The molecule has 0 amide bonds. The van der Waals surface area contributed by atoms with Crippen molar-refractivity contribution < 1.29 is 5.11 Å². The van der Waals surface area contributed by atoms with Crippen molar-refractivity contribution in [1.82, 2.24) is 5.32 Å². The number of benzene rings is 1. The maximum atomic E-state index is 9.39. The van der Waals surface area contributed by atoms with Crippen LogP contribution in [0.15, 0.2) is 24.3 Å². The molecule has 0 radical (unpaired) electrons. The van der Waals surface area contributed by atoms with Crippen LogP contribution in [0.25, 0.3) is 0 Å². The molecule has 1 aromatic rings. The van der Waals surface area contributed by atoms with Gasteiger partial charge in [-0.05, 0) is 43.0 Å². The predicted molar refractivity (Wildman–Crippen MR) is 68.6 cm³/mol. The summed E-state index contributed by atoms with van der Waals surface area (Å²) in [5.74, 6) is 0.335. The zero-order valence-electron chi connectivity index (χ0n) is 10.7. The molecule has 0 spiro atoms. The Morgan fingerprint density at radius 2 is 2.00 bits per heavy atom. The molecule has 90 valence electrons. The average molecular weight is 221 g/mol. The fraction of sp³-hybridized carbons (Fsp3) is 0.571. The van der Waals surface area contributed by atoms with Gasteiger partial charge in [0.1, 0.15) is 5.75 Å². The smallest absolute Gasteiger partial charge is 0.115 e. The van der Waals surface area contributed by atoms with Crippen molar-refractivity contribution in [2.24, 2.45) is 5.41 Å². The van der Waals surface area contributed by atoms with Gasteiger partial charge in [0.25, 0.3) is 0 Å². The lowest BCUT2D eigenvalue weighted by Gasteiger charge is -2.21. The van der Waals surface area contributed by atoms with Crippen molar-refractivity contribution in [3.05, 3.63) is 29.8 Å². The fourth-order valence-corrected chi connectivity index (χ4v) is 1.58. The summed E-state index contributed by atoms with van der Waals surface area (Å²) in [7, 11) is 0. The summed E-state index contributed by atoms with van der Waals surface area (Å²) in [6.45, 7) is 9.85. The first-order valence-corrected chi connectivity index (χ1v) is 5.91. The molecule has 0 fully saturated rings. The SMILES string of the molecule is CC(NCCC(C)(C)C)c1cccc(O)c1. The first-order chi connectivity index (χ1) is 7.38. The summed E-state index contributed by atoms with van der Waals surface area (Å²) in [6.07, 6.45) is 1.15. The molecule has 0 saturated carbocycles. The highest BCUT2D eigenvalue weighted by Crippen LogP contribution is 2.20. The summed E-state index contributed by atoms with van der Waals surface area (Å²) in [5, 5.41) is 12.9. The molecule has 0 aliphatic carbocycles. The highest BCUT2D eigenvalue weighted by molar-refractivity contribution is 5.28. The minimum atomic E-state index is 0.287. The maximum Gasteiger partial charge on any atom is 0.115 e. The Morgan fingerprint density at radius 1 is 1.31 bits per heavy atom. The van der Waals surface area contributed by atoms with Crippen LogP contribution in [0.3, 0.4) is 0 Å². The average Bonchev–Trinajstić information content (AvgIpc) is 2.15. The minimum Gasteiger partial charge on any atom is -0.508 e. The normalized spacial score (nSPS) is 13.8. The molecule has 1 aromatic carbocycles. The molecule has 1 unspecified atom stereocenters. The molecule has 0 aromatic heterocycles. The Kier molecular flexibility index (Phi) is 4.36. The van der Waals surface area contributed by atoms with E-state index in [9.17, 15) is 5.11 Å². The highest BCUT2D eigenvalue weighted by atomic mass is 16.3. The van der Waals surface area contributed by atoms with E-state index in [1.54, 1.807) is 6.07 Å². The Bertz CT molecular complexity index is 328. The number of rotatable bonds is 4. The van der Waals surface area contributed by atoms with Gasteiger partial charge in [-0.15, -0.1) is 0 Å². The molecule has 0 saturated heterocycles.